The minimum atomic E-state index is -4.89. The minimum Gasteiger partial charge on any atom is -0.406 e. The van der Waals surface area contributed by atoms with Crippen LogP contribution >= 0.6 is 11.6 Å². The number of carbonyl (C=O) groups excluding carboxylic acids is 2. The van der Waals surface area contributed by atoms with Gasteiger partial charge < -0.3 is 9.64 Å². The van der Waals surface area contributed by atoms with Crippen LogP contribution < -0.4 is 14.4 Å². The van der Waals surface area contributed by atoms with Gasteiger partial charge in [0, 0.05) is 11.2 Å². The van der Waals surface area contributed by atoms with Crippen molar-refractivity contribution in [2.75, 3.05) is 9.62 Å². The van der Waals surface area contributed by atoms with Gasteiger partial charge in [0.1, 0.15) is 11.8 Å². The average molecular weight is 555 g/mol. The van der Waals surface area contributed by atoms with Gasteiger partial charge in [0.05, 0.1) is 29.0 Å². The number of urea groups is 1. The van der Waals surface area contributed by atoms with Gasteiger partial charge in [-0.2, -0.15) is 0 Å². The normalized spacial score (nSPS) is 16.3. The molecular formula is C23H18ClF3N4O5S. The number of pyridine rings is 1. The van der Waals surface area contributed by atoms with E-state index in [1.54, 1.807) is 0 Å². The quantitative estimate of drug-likeness (QED) is 0.421. The molecular weight excluding hydrogens is 537 g/mol. The maximum atomic E-state index is 13.1. The molecule has 0 saturated carbocycles. The lowest BCUT2D eigenvalue weighted by Gasteiger charge is -2.21. The number of aromatic nitrogens is 1. The number of anilines is 2. The summed E-state index contributed by atoms with van der Waals surface area (Å²) >= 11 is 5.83. The number of imide groups is 1. The lowest BCUT2D eigenvalue weighted by Crippen LogP contribution is -2.33. The van der Waals surface area contributed by atoms with Gasteiger partial charge in [-0.05, 0) is 67.1 Å². The molecule has 4 rings (SSSR count). The fourth-order valence-corrected chi connectivity index (χ4v) is 4.81. The van der Waals surface area contributed by atoms with Gasteiger partial charge in [0.2, 0.25) is 0 Å². The van der Waals surface area contributed by atoms with Crippen LogP contribution in [0.3, 0.4) is 0 Å². The van der Waals surface area contributed by atoms with E-state index in [9.17, 15) is 31.2 Å². The van der Waals surface area contributed by atoms with Crippen molar-refractivity contribution in [1.82, 2.24) is 9.88 Å². The van der Waals surface area contributed by atoms with Crippen LogP contribution in [0, 0.1) is 0 Å². The van der Waals surface area contributed by atoms with E-state index in [2.05, 4.69) is 14.4 Å². The Bertz CT molecular complexity index is 1430. The maximum Gasteiger partial charge on any atom is 0.573 e. The molecule has 0 radical (unpaired) electrons. The molecule has 3 amide bonds. The average Bonchev–Trinajstić information content (AvgIpc) is 3.03. The van der Waals surface area contributed by atoms with Gasteiger partial charge in [-0.1, -0.05) is 11.6 Å². The molecule has 0 aliphatic carbocycles. The molecule has 1 aliphatic rings. The highest BCUT2D eigenvalue weighted by Crippen LogP contribution is 2.31. The Balaban J connectivity index is 1.55. The Kier molecular flexibility index (Phi) is 7.02. The van der Waals surface area contributed by atoms with Crippen molar-refractivity contribution in [3.8, 4) is 5.75 Å². The first-order valence-electron chi connectivity index (χ1n) is 10.6. The van der Waals surface area contributed by atoms with E-state index in [0.29, 0.717) is 10.6 Å². The van der Waals surface area contributed by atoms with Gasteiger partial charge in [0.25, 0.3) is 15.9 Å². The van der Waals surface area contributed by atoms with E-state index >= 15 is 0 Å². The summed E-state index contributed by atoms with van der Waals surface area (Å²) in [4.78, 5) is 32.0. The van der Waals surface area contributed by atoms with Crippen LogP contribution in [0.25, 0.3) is 0 Å². The third kappa shape index (κ3) is 5.78. The van der Waals surface area contributed by atoms with Gasteiger partial charge >= 0.3 is 12.4 Å². The first-order valence-corrected chi connectivity index (χ1v) is 12.4. The second kappa shape index (κ2) is 9.90. The molecule has 9 nitrogen and oxygen atoms in total. The molecule has 2 aromatic carbocycles. The topological polar surface area (TPSA) is 109 Å². The molecule has 194 valence electrons. The molecule has 3 aromatic rings. The number of hydrogen-bond donors (Lipinski definition) is 1. The SMILES string of the molecule is CC1C(=O)N(c2ccc(OC(F)(F)F)cc2)C(=O)N1Cc1ccncc1NS(=O)(=O)c1ccc(Cl)cc1. The largest absolute Gasteiger partial charge is 0.573 e. The first-order chi connectivity index (χ1) is 17.4. The minimum absolute atomic E-state index is 0.0448. The Hall–Kier alpha value is -3.84. The zero-order chi connectivity index (χ0) is 27.0. The molecule has 14 heteroatoms. The van der Waals surface area contributed by atoms with Crippen molar-refractivity contribution in [3.05, 3.63) is 77.6 Å². The molecule has 1 fully saturated rings. The van der Waals surface area contributed by atoms with Gasteiger partial charge in [-0.3, -0.25) is 14.5 Å². The van der Waals surface area contributed by atoms with E-state index in [0.717, 1.165) is 29.2 Å². The second-order valence-electron chi connectivity index (χ2n) is 7.89. The summed E-state index contributed by atoms with van der Waals surface area (Å²) in [7, 11) is -4.02. The lowest BCUT2D eigenvalue weighted by molar-refractivity contribution is -0.274. The highest BCUT2D eigenvalue weighted by molar-refractivity contribution is 7.92. The van der Waals surface area contributed by atoms with Gasteiger partial charge in [0.15, 0.2) is 0 Å². The molecule has 0 bridgehead atoms. The highest BCUT2D eigenvalue weighted by Gasteiger charge is 2.43. The van der Waals surface area contributed by atoms with Crippen LogP contribution in [0.15, 0.2) is 71.9 Å². The van der Waals surface area contributed by atoms with E-state index < -0.39 is 40.1 Å². The van der Waals surface area contributed by atoms with Crippen LogP contribution in [0.1, 0.15) is 12.5 Å². The van der Waals surface area contributed by atoms with Crippen molar-refractivity contribution >= 4 is 44.9 Å². The third-order valence-electron chi connectivity index (χ3n) is 5.43. The summed E-state index contributed by atoms with van der Waals surface area (Å²) in [6, 6.07) is 9.62. The summed E-state index contributed by atoms with van der Waals surface area (Å²) in [5.41, 5.74) is 0.505. The summed E-state index contributed by atoms with van der Waals surface area (Å²) in [6.07, 6.45) is -2.21. The Morgan fingerprint density at radius 2 is 1.70 bits per heavy atom. The van der Waals surface area contributed by atoms with E-state index in [-0.39, 0.29) is 22.8 Å². The van der Waals surface area contributed by atoms with E-state index in [1.165, 1.54) is 54.5 Å². The first kappa shape index (κ1) is 26.2. The number of sulfonamides is 1. The Morgan fingerprint density at radius 3 is 2.32 bits per heavy atom. The molecule has 1 aromatic heterocycles. The van der Waals surface area contributed by atoms with Gasteiger partial charge in [-0.25, -0.2) is 18.1 Å². The van der Waals surface area contributed by atoms with Crippen LogP contribution in [-0.4, -0.2) is 42.6 Å². The number of benzene rings is 2. The van der Waals surface area contributed by atoms with Crippen molar-refractivity contribution < 1.29 is 35.9 Å². The molecule has 1 aliphatic heterocycles. The molecule has 1 N–H and O–H groups in total. The lowest BCUT2D eigenvalue weighted by atomic mass is 10.2. The maximum absolute atomic E-state index is 13.1. The fourth-order valence-electron chi connectivity index (χ4n) is 3.60. The van der Waals surface area contributed by atoms with Crippen molar-refractivity contribution in [3.63, 3.8) is 0 Å². The van der Waals surface area contributed by atoms with Crippen molar-refractivity contribution in [2.45, 2.75) is 30.8 Å². The molecule has 37 heavy (non-hydrogen) atoms. The number of alkyl halides is 3. The predicted molar refractivity (Wildman–Crippen MR) is 128 cm³/mol. The second-order valence-corrected chi connectivity index (χ2v) is 10.0. The smallest absolute Gasteiger partial charge is 0.406 e. The zero-order valence-corrected chi connectivity index (χ0v) is 20.5. The number of halogens is 4. The van der Waals surface area contributed by atoms with Crippen LogP contribution in [0.4, 0.5) is 29.3 Å². The number of nitrogens with one attached hydrogen (secondary N) is 1. The summed E-state index contributed by atoms with van der Waals surface area (Å²) in [5.74, 6) is -1.11. The van der Waals surface area contributed by atoms with Crippen LogP contribution in [0.5, 0.6) is 5.75 Å². The number of carbonyl (C=O) groups is 2. The summed E-state index contributed by atoms with van der Waals surface area (Å²) in [5, 5.41) is 0.360. The molecule has 1 unspecified atom stereocenters. The molecule has 1 saturated heterocycles. The van der Waals surface area contributed by atoms with Crippen LogP contribution in [-0.2, 0) is 21.4 Å². The summed E-state index contributed by atoms with van der Waals surface area (Å²) in [6.45, 7) is 1.33. The van der Waals surface area contributed by atoms with E-state index in [1.807, 2.05) is 0 Å². The molecule has 2 heterocycles. The van der Waals surface area contributed by atoms with Crippen molar-refractivity contribution in [1.29, 1.82) is 0 Å². The highest BCUT2D eigenvalue weighted by atomic mass is 35.5. The van der Waals surface area contributed by atoms with Crippen LogP contribution in [0.2, 0.25) is 5.02 Å². The Morgan fingerprint density at radius 1 is 1.05 bits per heavy atom. The van der Waals surface area contributed by atoms with E-state index in [4.69, 9.17) is 11.6 Å². The third-order valence-corrected chi connectivity index (χ3v) is 7.06. The standard InChI is InChI=1S/C23H18ClF3N4O5S/c1-14-21(32)31(17-4-6-18(7-5-17)36-23(25,26)27)22(33)30(14)13-15-10-11-28-12-20(15)29-37(34,35)19-8-2-16(24)3-9-19/h2-12,14,29H,13H2,1H3. The molecule has 1 atom stereocenters. The molecule has 0 spiro atoms. The Labute approximate surface area is 214 Å². The monoisotopic (exact) mass is 554 g/mol. The zero-order valence-electron chi connectivity index (χ0n) is 18.9. The fraction of sp³-hybridized carbons (Fsp3) is 0.174. The summed E-state index contributed by atoms with van der Waals surface area (Å²) < 4.78 is 69.2. The van der Waals surface area contributed by atoms with Crippen molar-refractivity contribution in [2.24, 2.45) is 0 Å². The number of rotatable bonds is 7. The number of nitrogens with zero attached hydrogens (tertiary/aromatic N) is 3. The predicted octanol–water partition coefficient (Wildman–Crippen LogP) is 4.79. The number of ether oxygens (including phenoxy) is 1. The van der Waals surface area contributed by atoms with Gasteiger partial charge in [-0.15, -0.1) is 13.2 Å². The number of hydrogen-bond acceptors (Lipinski definition) is 6. The number of amides is 3.